The lowest BCUT2D eigenvalue weighted by Gasteiger charge is -2.14. The Morgan fingerprint density at radius 3 is 2.24 bits per heavy atom. The number of hydrogen-bond acceptors (Lipinski definition) is 2. The van der Waals surface area contributed by atoms with E-state index in [0.29, 0.717) is 17.8 Å². The zero-order valence-electron chi connectivity index (χ0n) is 16.6. The topological polar surface area (TPSA) is 51.9 Å². The van der Waals surface area contributed by atoms with Gasteiger partial charge in [0.25, 0.3) is 5.91 Å². The SMILES string of the molecule is Cc1nn(-c2ccccc2)c(-n2cccc2)c1C(=O)NC[C@H](C)c1ccccc1. The van der Waals surface area contributed by atoms with E-state index in [1.807, 2.05) is 89.2 Å². The Kier molecular flexibility index (Phi) is 5.29. The average molecular weight is 384 g/mol. The van der Waals surface area contributed by atoms with Gasteiger partial charge in [0.2, 0.25) is 0 Å². The van der Waals surface area contributed by atoms with Crippen molar-refractivity contribution in [3.05, 3.63) is 102 Å². The fraction of sp³-hybridized carbons (Fsp3) is 0.167. The number of rotatable bonds is 6. The molecule has 4 rings (SSSR count). The van der Waals surface area contributed by atoms with Gasteiger partial charge in [0.15, 0.2) is 5.82 Å². The first kappa shape index (κ1) is 18.7. The summed E-state index contributed by atoms with van der Waals surface area (Å²) < 4.78 is 3.76. The molecule has 5 nitrogen and oxygen atoms in total. The van der Waals surface area contributed by atoms with Crippen LogP contribution in [0.1, 0.15) is 34.5 Å². The molecule has 4 aromatic rings. The van der Waals surface area contributed by atoms with E-state index in [1.165, 1.54) is 5.56 Å². The lowest BCUT2D eigenvalue weighted by molar-refractivity contribution is 0.0951. The maximum atomic E-state index is 13.2. The molecule has 5 heteroatoms. The first-order valence-corrected chi connectivity index (χ1v) is 9.76. The molecular weight excluding hydrogens is 360 g/mol. The average Bonchev–Trinajstić information content (AvgIpc) is 3.40. The molecule has 1 atom stereocenters. The van der Waals surface area contributed by atoms with Crippen LogP contribution in [0.3, 0.4) is 0 Å². The monoisotopic (exact) mass is 384 g/mol. The second kappa shape index (κ2) is 8.19. The quantitative estimate of drug-likeness (QED) is 0.532. The van der Waals surface area contributed by atoms with E-state index in [0.717, 1.165) is 11.5 Å². The van der Waals surface area contributed by atoms with Crippen LogP contribution in [0.15, 0.2) is 85.2 Å². The summed E-state index contributed by atoms with van der Waals surface area (Å²) in [5, 5.41) is 7.78. The van der Waals surface area contributed by atoms with Crippen molar-refractivity contribution in [1.29, 1.82) is 0 Å². The van der Waals surface area contributed by atoms with Crippen LogP contribution < -0.4 is 5.32 Å². The van der Waals surface area contributed by atoms with Crippen molar-refractivity contribution in [2.45, 2.75) is 19.8 Å². The zero-order valence-corrected chi connectivity index (χ0v) is 16.6. The van der Waals surface area contributed by atoms with Crippen molar-refractivity contribution in [2.24, 2.45) is 0 Å². The van der Waals surface area contributed by atoms with Gasteiger partial charge >= 0.3 is 0 Å². The predicted molar refractivity (Wildman–Crippen MR) is 115 cm³/mol. The molecule has 0 aliphatic rings. The first-order chi connectivity index (χ1) is 14.1. The molecule has 1 amide bonds. The van der Waals surface area contributed by atoms with Crippen LogP contribution in [0.5, 0.6) is 0 Å². The van der Waals surface area contributed by atoms with E-state index >= 15 is 0 Å². The third kappa shape index (κ3) is 3.85. The fourth-order valence-corrected chi connectivity index (χ4v) is 3.48. The number of carbonyl (C=O) groups excluding carboxylic acids is 1. The predicted octanol–water partition coefficient (Wildman–Crippen LogP) is 4.50. The van der Waals surface area contributed by atoms with Crippen molar-refractivity contribution >= 4 is 5.91 Å². The molecular formula is C24H24N4O. The van der Waals surface area contributed by atoms with Gasteiger partial charge in [0.1, 0.15) is 5.56 Å². The van der Waals surface area contributed by atoms with Crippen LogP contribution in [0.25, 0.3) is 11.5 Å². The molecule has 0 aliphatic heterocycles. The minimum absolute atomic E-state index is 0.115. The summed E-state index contributed by atoms with van der Waals surface area (Å²) in [6, 6.07) is 24.0. The molecule has 2 heterocycles. The summed E-state index contributed by atoms with van der Waals surface area (Å²) in [7, 11) is 0. The molecule has 2 aromatic carbocycles. The lowest BCUT2D eigenvalue weighted by Crippen LogP contribution is -2.28. The van der Waals surface area contributed by atoms with Gasteiger partial charge in [-0.1, -0.05) is 55.5 Å². The Morgan fingerprint density at radius 2 is 1.59 bits per heavy atom. The van der Waals surface area contributed by atoms with Crippen LogP contribution in [0.4, 0.5) is 0 Å². The highest BCUT2D eigenvalue weighted by atomic mass is 16.1. The Labute approximate surface area is 170 Å². The summed E-state index contributed by atoms with van der Waals surface area (Å²) in [6.07, 6.45) is 3.86. The fourth-order valence-electron chi connectivity index (χ4n) is 3.48. The van der Waals surface area contributed by atoms with Crippen LogP contribution in [0.2, 0.25) is 0 Å². The highest BCUT2D eigenvalue weighted by molar-refractivity contribution is 5.98. The van der Waals surface area contributed by atoms with Crippen LogP contribution in [-0.4, -0.2) is 26.8 Å². The highest BCUT2D eigenvalue weighted by Gasteiger charge is 2.23. The van der Waals surface area contributed by atoms with Crippen LogP contribution >= 0.6 is 0 Å². The van der Waals surface area contributed by atoms with E-state index in [9.17, 15) is 4.79 Å². The van der Waals surface area contributed by atoms with Gasteiger partial charge in [0, 0.05) is 18.9 Å². The minimum Gasteiger partial charge on any atom is -0.351 e. The first-order valence-electron chi connectivity index (χ1n) is 9.76. The smallest absolute Gasteiger partial charge is 0.257 e. The number of aryl methyl sites for hydroxylation is 1. The Balaban J connectivity index is 1.66. The van der Waals surface area contributed by atoms with Gasteiger partial charge in [0.05, 0.1) is 11.4 Å². The number of nitrogens with zero attached hydrogens (tertiary/aromatic N) is 3. The van der Waals surface area contributed by atoms with Crippen molar-refractivity contribution < 1.29 is 4.79 Å². The summed E-state index contributed by atoms with van der Waals surface area (Å²) in [4.78, 5) is 13.2. The van der Waals surface area contributed by atoms with E-state index in [2.05, 4.69) is 29.5 Å². The lowest BCUT2D eigenvalue weighted by atomic mass is 10.0. The molecule has 0 bridgehead atoms. The molecule has 0 fully saturated rings. The van der Waals surface area contributed by atoms with Gasteiger partial charge < -0.3 is 9.88 Å². The number of amides is 1. The molecule has 0 spiro atoms. The van der Waals surface area contributed by atoms with Crippen molar-refractivity contribution in [1.82, 2.24) is 19.7 Å². The molecule has 0 saturated heterocycles. The Hall–Kier alpha value is -3.60. The van der Waals surface area contributed by atoms with Crippen molar-refractivity contribution in [3.8, 4) is 11.5 Å². The summed E-state index contributed by atoms with van der Waals surface area (Å²) >= 11 is 0. The van der Waals surface area contributed by atoms with E-state index < -0.39 is 0 Å². The van der Waals surface area contributed by atoms with Gasteiger partial charge in [-0.2, -0.15) is 5.10 Å². The number of carbonyl (C=O) groups is 1. The van der Waals surface area contributed by atoms with Crippen LogP contribution in [-0.2, 0) is 0 Å². The van der Waals surface area contributed by atoms with Gasteiger partial charge in [-0.25, -0.2) is 4.68 Å². The highest BCUT2D eigenvalue weighted by Crippen LogP contribution is 2.23. The largest absolute Gasteiger partial charge is 0.351 e. The standard InChI is InChI=1S/C24H24N4O/c1-18(20-11-5-3-6-12-20)17-25-23(29)22-19(2)26-28(21-13-7-4-8-14-21)24(22)27-15-9-10-16-27/h3-16,18H,17H2,1-2H3,(H,25,29)/t18-/m0/s1. The van der Waals surface area contributed by atoms with E-state index in [-0.39, 0.29) is 11.8 Å². The maximum Gasteiger partial charge on any atom is 0.257 e. The minimum atomic E-state index is -0.115. The summed E-state index contributed by atoms with van der Waals surface area (Å²) in [6.45, 7) is 4.55. The zero-order chi connectivity index (χ0) is 20.2. The third-order valence-electron chi connectivity index (χ3n) is 5.05. The number of aromatic nitrogens is 3. The third-order valence-corrected chi connectivity index (χ3v) is 5.05. The maximum absolute atomic E-state index is 13.2. The molecule has 0 unspecified atom stereocenters. The van der Waals surface area contributed by atoms with Crippen molar-refractivity contribution in [2.75, 3.05) is 6.54 Å². The summed E-state index contributed by atoms with van der Waals surface area (Å²) in [5.41, 5.74) is 3.40. The molecule has 1 N–H and O–H groups in total. The van der Waals surface area contributed by atoms with Crippen LogP contribution in [0, 0.1) is 6.92 Å². The molecule has 0 aliphatic carbocycles. The normalized spacial score (nSPS) is 11.9. The van der Waals surface area contributed by atoms with Gasteiger partial charge in [-0.05, 0) is 42.7 Å². The number of benzene rings is 2. The molecule has 2 aromatic heterocycles. The van der Waals surface area contributed by atoms with E-state index in [1.54, 1.807) is 0 Å². The Bertz CT molecular complexity index is 1080. The number of nitrogens with one attached hydrogen (secondary N) is 1. The van der Waals surface area contributed by atoms with E-state index in [4.69, 9.17) is 0 Å². The second-order valence-corrected chi connectivity index (χ2v) is 7.14. The number of para-hydroxylation sites is 1. The summed E-state index contributed by atoms with van der Waals surface area (Å²) in [5.74, 6) is 0.847. The second-order valence-electron chi connectivity index (χ2n) is 7.14. The molecule has 0 saturated carbocycles. The van der Waals surface area contributed by atoms with Crippen molar-refractivity contribution in [3.63, 3.8) is 0 Å². The Morgan fingerprint density at radius 1 is 0.966 bits per heavy atom. The molecule has 0 radical (unpaired) electrons. The van der Waals surface area contributed by atoms with Gasteiger partial charge in [-0.3, -0.25) is 4.79 Å². The molecule has 29 heavy (non-hydrogen) atoms. The van der Waals surface area contributed by atoms with Gasteiger partial charge in [-0.15, -0.1) is 0 Å². The molecule has 146 valence electrons. The number of hydrogen-bond donors (Lipinski definition) is 1.